The smallest absolute Gasteiger partial charge is 0.416 e. The Labute approximate surface area is 154 Å². The lowest BCUT2D eigenvalue weighted by Gasteiger charge is -2.20. The Morgan fingerprint density at radius 3 is 2.70 bits per heavy atom. The molecule has 2 aromatic rings. The van der Waals surface area contributed by atoms with Gasteiger partial charge in [-0.1, -0.05) is 0 Å². The van der Waals surface area contributed by atoms with E-state index in [9.17, 15) is 18.8 Å². The van der Waals surface area contributed by atoms with Crippen LogP contribution in [0, 0.1) is 5.82 Å². The van der Waals surface area contributed by atoms with Gasteiger partial charge in [0.05, 0.1) is 30.6 Å². The van der Waals surface area contributed by atoms with E-state index >= 15 is 0 Å². The number of methoxy groups -OCH3 is 1. The van der Waals surface area contributed by atoms with Crippen molar-refractivity contribution in [2.24, 2.45) is 0 Å². The Bertz CT molecular complexity index is 910. The van der Waals surface area contributed by atoms with Gasteiger partial charge >= 0.3 is 12.1 Å². The Balaban J connectivity index is 1.83. The molecule has 1 saturated heterocycles. The molecule has 1 aromatic heterocycles. The lowest BCUT2D eigenvalue weighted by Crippen LogP contribution is -2.38. The van der Waals surface area contributed by atoms with Crippen LogP contribution < -0.4 is 4.90 Å². The molecule has 1 aromatic carbocycles. The fourth-order valence-electron chi connectivity index (χ4n) is 2.72. The number of likely N-dealkylation sites (N-methyl/N-ethyl adjacent to an activating group) is 1. The summed E-state index contributed by atoms with van der Waals surface area (Å²) in [5.41, 5.74) is 0.805. The maximum atomic E-state index is 14.6. The van der Waals surface area contributed by atoms with E-state index in [0.717, 1.165) is 0 Å². The minimum atomic E-state index is -0.732. The standard InChI is InChI=1S/C18H18FN3O5/c1-11(23)20(2)16-10-22(18(25)27-16)13-4-5-15(14(19)8-13)21-7-6-12(9-21)17(24)26-3/h4-9,16H,10H2,1-3H3. The van der Waals surface area contributed by atoms with Crippen molar-refractivity contribution in [1.82, 2.24) is 9.47 Å². The summed E-state index contributed by atoms with van der Waals surface area (Å²) in [5, 5.41) is 0. The molecule has 8 nitrogen and oxygen atoms in total. The quantitative estimate of drug-likeness (QED) is 0.765. The molecule has 1 unspecified atom stereocenters. The minimum absolute atomic E-state index is 0.101. The zero-order valence-electron chi connectivity index (χ0n) is 15.0. The zero-order valence-corrected chi connectivity index (χ0v) is 15.0. The molecule has 0 bridgehead atoms. The van der Waals surface area contributed by atoms with Gasteiger partial charge in [-0.25, -0.2) is 14.0 Å². The van der Waals surface area contributed by atoms with Gasteiger partial charge in [0.25, 0.3) is 0 Å². The molecule has 3 rings (SSSR count). The predicted octanol–water partition coefficient (Wildman–Crippen LogP) is 2.16. The molecule has 1 aliphatic heterocycles. The van der Waals surface area contributed by atoms with Gasteiger partial charge in [-0.2, -0.15) is 0 Å². The zero-order chi connectivity index (χ0) is 19.7. The SMILES string of the molecule is COC(=O)c1ccn(-c2ccc(N3CC(N(C)C(C)=O)OC3=O)cc2F)c1. The average molecular weight is 375 g/mol. The van der Waals surface area contributed by atoms with Gasteiger partial charge in [0.15, 0.2) is 6.23 Å². The molecule has 2 heterocycles. The summed E-state index contributed by atoms with van der Waals surface area (Å²) in [4.78, 5) is 37.6. The average Bonchev–Trinajstić information content (AvgIpc) is 3.27. The summed E-state index contributed by atoms with van der Waals surface area (Å²) >= 11 is 0. The van der Waals surface area contributed by atoms with E-state index in [0.29, 0.717) is 11.3 Å². The largest absolute Gasteiger partial charge is 0.465 e. The molecule has 9 heteroatoms. The lowest BCUT2D eigenvalue weighted by molar-refractivity contribution is -0.134. The summed E-state index contributed by atoms with van der Waals surface area (Å²) < 4.78 is 25.8. The van der Waals surface area contributed by atoms with Crippen molar-refractivity contribution < 1.29 is 28.2 Å². The van der Waals surface area contributed by atoms with Crippen molar-refractivity contribution in [2.45, 2.75) is 13.2 Å². The van der Waals surface area contributed by atoms with Crippen molar-refractivity contribution in [3.05, 3.63) is 48.0 Å². The number of aromatic nitrogens is 1. The van der Waals surface area contributed by atoms with Gasteiger partial charge in [0.2, 0.25) is 5.91 Å². The van der Waals surface area contributed by atoms with Gasteiger partial charge in [0, 0.05) is 26.4 Å². The second kappa shape index (κ2) is 7.10. The van der Waals surface area contributed by atoms with Gasteiger partial charge in [-0.05, 0) is 24.3 Å². The minimum Gasteiger partial charge on any atom is -0.465 e. The predicted molar refractivity (Wildman–Crippen MR) is 93.1 cm³/mol. The molecule has 2 amide bonds. The first kappa shape index (κ1) is 18.4. The third-order valence-corrected chi connectivity index (χ3v) is 4.36. The van der Waals surface area contributed by atoms with Crippen LogP contribution in [0.1, 0.15) is 17.3 Å². The fourth-order valence-corrected chi connectivity index (χ4v) is 2.72. The van der Waals surface area contributed by atoms with Crippen LogP contribution in [0.15, 0.2) is 36.7 Å². The first-order chi connectivity index (χ1) is 12.8. The second-order valence-corrected chi connectivity index (χ2v) is 6.01. The number of esters is 1. The number of hydrogen-bond acceptors (Lipinski definition) is 5. The number of halogens is 1. The van der Waals surface area contributed by atoms with Crippen LogP contribution in [0.2, 0.25) is 0 Å². The highest BCUT2D eigenvalue weighted by atomic mass is 19.1. The Morgan fingerprint density at radius 1 is 1.33 bits per heavy atom. The third kappa shape index (κ3) is 3.48. The molecule has 0 N–H and O–H groups in total. The first-order valence-electron chi connectivity index (χ1n) is 8.09. The lowest BCUT2D eigenvalue weighted by atomic mass is 10.2. The topological polar surface area (TPSA) is 81.1 Å². The van der Waals surface area contributed by atoms with Gasteiger partial charge < -0.3 is 18.9 Å². The van der Waals surface area contributed by atoms with Crippen LogP contribution in [0.3, 0.4) is 0 Å². The molecule has 0 aliphatic carbocycles. The number of anilines is 1. The van der Waals surface area contributed by atoms with Crippen LogP contribution in [0.4, 0.5) is 14.9 Å². The first-order valence-corrected chi connectivity index (χ1v) is 8.09. The van der Waals surface area contributed by atoms with Crippen molar-refractivity contribution in [2.75, 3.05) is 25.6 Å². The van der Waals surface area contributed by atoms with Gasteiger partial charge in [0.1, 0.15) is 5.82 Å². The Hall–Kier alpha value is -3.36. The molecule has 27 heavy (non-hydrogen) atoms. The molecule has 1 fully saturated rings. The van der Waals surface area contributed by atoms with E-state index in [-0.39, 0.29) is 18.1 Å². The number of ether oxygens (including phenoxy) is 2. The van der Waals surface area contributed by atoms with Crippen LogP contribution in [-0.4, -0.2) is 54.4 Å². The monoisotopic (exact) mass is 375 g/mol. The second-order valence-electron chi connectivity index (χ2n) is 6.01. The molecule has 0 saturated carbocycles. The highest BCUT2D eigenvalue weighted by molar-refractivity contribution is 5.90. The molecule has 1 aliphatic rings. The molecule has 0 radical (unpaired) electrons. The molecular weight excluding hydrogens is 357 g/mol. The summed E-state index contributed by atoms with van der Waals surface area (Å²) in [6.07, 6.45) is 1.59. The van der Waals surface area contributed by atoms with Crippen LogP contribution in [0.25, 0.3) is 5.69 Å². The summed E-state index contributed by atoms with van der Waals surface area (Å²) in [5.74, 6) is -1.35. The highest BCUT2D eigenvalue weighted by Gasteiger charge is 2.36. The van der Waals surface area contributed by atoms with Crippen LogP contribution in [0.5, 0.6) is 0 Å². The van der Waals surface area contributed by atoms with E-state index in [1.165, 1.54) is 66.0 Å². The van der Waals surface area contributed by atoms with Gasteiger partial charge in [-0.15, -0.1) is 0 Å². The van der Waals surface area contributed by atoms with Crippen molar-refractivity contribution >= 4 is 23.7 Å². The molecular formula is C18H18FN3O5. The highest BCUT2D eigenvalue weighted by Crippen LogP contribution is 2.26. The van der Waals surface area contributed by atoms with E-state index in [2.05, 4.69) is 4.74 Å². The van der Waals surface area contributed by atoms with Crippen molar-refractivity contribution in [3.8, 4) is 5.69 Å². The number of amides is 2. The number of benzene rings is 1. The van der Waals surface area contributed by atoms with E-state index in [1.807, 2.05) is 0 Å². The van der Waals surface area contributed by atoms with E-state index < -0.39 is 24.1 Å². The van der Waals surface area contributed by atoms with Crippen molar-refractivity contribution in [1.29, 1.82) is 0 Å². The number of carbonyl (C=O) groups is 3. The fraction of sp³-hybridized carbons (Fsp3) is 0.278. The third-order valence-electron chi connectivity index (χ3n) is 4.36. The number of rotatable bonds is 4. The number of hydrogen-bond donors (Lipinski definition) is 0. The number of nitrogens with zero attached hydrogens (tertiary/aromatic N) is 3. The molecule has 1 atom stereocenters. The van der Waals surface area contributed by atoms with E-state index in [4.69, 9.17) is 4.74 Å². The van der Waals surface area contributed by atoms with E-state index in [1.54, 1.807) is 6.07 Å². The number of carbonyl (C=O) groups excluding carboxylic acids is 3. The Morgan fingerprint density at radius 2 is 2.07 bits per heavy atom. The van der Waals surface area contributed by atoms with Crippen molar-refractivity contribution in [3.63, 3.8) is 0 Å². The molecule has 0 spiro atoms. The summed E-state index contributed by atoms with van der Waals surface area (Å²) in [6, 6.07) is 5.76. The normalized spacial score (nSPS) is 16.2. The summed E-state index contributed by atoms with van der Waals surface area (Å²) in [6.45, 7) is 1.47. The maximum Gasteiger partial charge on any atom is 0.416 e. The summed E-state index contributed by atoms with van der Waals surface area (Å²) in [7, 11) is 2.79. The number of cyclic esters (lactones) is 1. The Kier molecular flexibility index (Phi) is 4.85. The van der Waals surface area contributed by atoms with Crippen LogP contribution in [-0.2, 0) is 14.3 Å². The maximum absolute atomic E-state index is 14.6. The van der Waals surface area contributed by atoms with Gasteiger partial charge in [-0.3, -0.25) is 9.69 Å². The van der Waals surface area contributed by atoms with Crippen LogP contribution >= 0.6 is 0 Å². The molecule has 142 valence electrons.